The van der Waals surface area contributed by atoms with Gasteiger partial charge in [0.25, 0.3) is 0 Å². The zero-order valence-corrected chi connectivity index (χ0v) is 22.5. The van der Waals surface area contributed by atoms with Crippen LogP contribution in [-0.4, -0.2) is 56.1 Å². The standard InChI is InChI=1S/C26H35N5O2.HI/c1-3-27-26(29-22-14-16-30(19-22)23-7-4-5-8-24(23)33-2)28-17-20-10-12-21(13-11-20)18-31-15-6-9-25(31)32;/h4-5,7-8,10-13,22H,3,6,9,14-19H2,1-2H3,(H2,27,28,29);1H. The molecule has 0 spiro atoms. The molecule has 8 heteroatoms. The van der Waals surface area contributed by atoms with E-state index >= 15 is 0 Å². The molecule has 1 unspecified atom stereocenters. The number of ether oxygens (including phenoxy) is 1. The number of hydrogen-bond acceptors (Lipinski definition) is 4. The van der Waals surface area contributed by atoms with Gasteiger partial charge in [-0.2, -0.15) is 0 Å². The Morgan fingerprint density at radius 2 is 1.88 bits per heavy atom. The minimum Gasteiger partial charge on any atom is -0.495 e. The van der Waals surface area contributed by atoms with Crippen LogP contribution >= 0.6 is 24.0 Å². The summed E-state index contributed by atoms with van der Waals surface area (Å²) in [6.07, 6.45) is 2.71. The van der Waals surface area contributed by atoms with Crippen LogP contribution in [0.2, 0.25) is 0 Å². The van der Waals surface area contributed by atoms with Crippen LogP contribution in [0, 0.1) is 0 Å². The van der Waals surface area contributed by atoms with Gasteiger partial charge < -0.3 is 25.2 Å². The Morgan fingerprint density at radius 1 is 1.12 bits per heavy atom. The Kier molecular flexibility index (Phi) is 9.86. The molecule has 0 aromatic heterocycles. The summed E-state index contributed by atoms with van der Waals surface area (Å²) >= 11 is 0. The lowest BCUT2D eigenvalue weighted by Crippen LogP contribution is -2.44. The molecule has 34 heavy (non-hydrogen) atoms. The normalized spacial score (nSPS) is 18.1. The van der Waals surface area contributed by atoms with E-state index in [2.05, 4.69) is 58.9 Å². The molecule has 2 aliphatic rings. The summed E-state index contributed by atoms with van der Waals surface area (Å²) in [6, 6.07) is 17.0. The van der Waals surface area contributed by atoms with Crippen molar-refractivity contribution in [1.82, 2.24) is 15.5 Å². The number of nitrogens with one attached hydrogen (secondary N) is 2. The fourth-order valence-corrected chi connectivity index (χ4v) is 4.51. The largest absolute Gasteiger partial charge is 0.495 e. The molecule has 2 fully saturated rings. The lowest BCUT2D eigenvalue weighted by molar-refractivity contribution is -0.128. The first-order chi connectivity index (χ1) is 16.2. The number of anilines is 1. The Hall–Kier alpha value is -2.49. The molecule has 1 atom stereocenters. The molecule has 0 aliphatic carbocycles. The van der Waals surface area contributed by atoms with Crippen molar-refractivity contribution in [1.29, 1.82) is 0 Å². The number of para-hydroxylation sites is 2. The van der Waals surface area contributed by atoms with Gasteiger partial charge >= 0.3 is 0 Å². The van der Waals surface area contributed by atoms with Gasteiger partial charge in [-0.15, -0.1) is 24.0 Å². The zero-order chi connectivity index (χ0) is 23.0. The van der Waals surface area contributed by atoms with Gasteiger partial charge in [-0.3, -0.25) is 4.79 Å². The van der Waals surface area contributed by atoms with Crippen molar-refractivity contribution >= 4 is 41.5 Å². The number of hydrogen-bond donors (Lipinski definition) is 2. The second-order valence-corrected chi connectivity index (χ2v) is 8.68. The quantitative estimate of drug-likeness (QED) is 0.284. The number of guanidine groups is 1. The van der Waals surface area contributed by atoms with Crippen molar-refractivity contribution in [2.24, 2.45) is 4.99 Å². The lowest BCUT2D eigenvalue weighted by Gasteiger charge is -2.22. The number of nitrogens with zero attached hydrogens (tertiary/aromatic N) is 3. The molecule has 7 nitrogen and oxygen atoms in total. The van der Waals surface area contributed by atoms with E-state index < -0.39 is 0 Å². The summed E-state index contributed by atoms with van der Waals surface area (Å²) in [5.41, 5.74) is 3.47. The van der Waals surface area contributed by atoms with E-state index in [0.717, 1.165) is 62.0 Å². The predicted molar refractivity (Wildman–Crippen MR) is 148 cm³/mol. The van der Waals surface area contributed by atoms with Gasteiger partial charge in [0.1, 0.15) is 5.75 Å². The molecule has 2 aliphatic heterocycles. The molecular formula is C26H36IN5O2. The maximum absolute atomic E-state index is 11.8. The molecular weight excluding hydrogens is 541 g/mol. The topological polar surface area (TPSA) is 69.2 Å². The highest BCUT2D eigenvalue weighted by molar-refractivity contribution is 14.0. The maximum Gasteiger partial charge on any atom is 0.222 e. The maximum atomic E-state index is 11.8. The highest BCUT2D eigenvalue weighted by Crippen LogP contribution is 2.30. The summed E-state index contributed by atoms with van der Waals surface area (Å²) in [5, 5.41) is 6.97. The highest BCUT2D eigenvalue weighted by atomic mass is 127. The minimum absolute atomic E-state index is 0. The fourth-order valence-electron chi connectivity index (χ4n) is 4.51. The third kappa shape index (κ3) is 6.77. The van der Waals surface area contributed by atoms with Crippen molar-refractivity contribution in [3.8, 4) is 5.75 Å². The van der Waals surface area contributed by atoms with E-state index in [9.17, 15) is 4.79 Å². The summed E-state index contributed by atoms with van der Waals surface area (Å²) in [4.78, 5) is 21.0. The number of benzene rings is 2. The number of amides is 1. The predicted octanol–water partition coefficient (Wildman–Crippen LogP) is 3.77. The van der Waals surface area contributed by atoms with Crippen molar-refractivity contribution < 1.29 is 9.53 Å². The second kappa shape index (κ2) is 12.8. The van der Waals surface area contributed by atoms with Gasteiger partial charge in [0.05, 0.1) is 19.3 Å². The molecule has 0 bridgehead atoms. The van der Waals surface area contributed by atoms with E-state index in [1.165, 1.54) is 5.56 Å². The van der Waals surface area contributed by atoms with Gasteiger partial charge in [-0.25, -0.2) is 4.99 Å². The van der Waals surface area contributed by atoms with E-state index in [1.54, 1.807) is 7.11 Å². The number of carbonyl (C=O) groups is 1. The monoisotopic (exact) mass is 577 g/mol. The van der Waals surface area contributed by atoms with Gasteiger partial charge in [-0.05, 0) is 43.0 Å². The van der Waals surface area contributed by atoms with Crippen molar-refractivity contribution in [3.63, 3.8) is 0 Å². The summed E-state index contributed by atoms with van der Waals surface area (Å²) in [5.74, 6) is 2.02. The minimum atomic E-state index is 0. The van der Waals surface area contributed by atoms with Crippen molar-refractivity contribution in [2.45, 2.75) is 45.3 Å². The molecule has 2 aromatic rings. The SMILES string of the molecule is CCNC(=NCc1ccc(CN2CCCC2=O)cc1)NC1CCN(c2ccccc2OC)C1.I. The number of rotatable bonds is 8. The molecule has 0 radical (unpaired) electrons. The molecule has 2 aromatic carbocycles. The van der Waals surface area contributed by atoms with E-state index in [-0.39, 0.29) is 29.9 Å². The van der Waals surface area contributed by atoms with Crippen LogP contribution in [0.1, 0.15) is 37.3 Å². The van der Waals surface area contributed by atoms with E-state index in [4.69, 9.17) is 9.73 Å². The summed E-state index contributed by atoms with van der Waals surface area (Å²) < 4.78 is 5.53. The van der Waals surface area contributed by atoms with Crippen LogP contribution < -0.4 is 20.3 Å². The molecule has 0 saturated carbocycles. The smallest absolute Gasteiger partial charge is 0.222 e. The van der Waals surface area contributed by atoms with Gasteiger partial charge in [0.15, 0.2) is 5.96 Å². The summed E-state index contributed by atoms with van der Waals surface area (Å²) in [7, 11) is 1.72. The lowest BCUT2D eigenvalue weighted by atomic mass is 10.1. The molecule has 1 amide bonds. The highest BCUT2D eigenvalue weighted by Gasteiger charge is 2.25. The molecule has 2 saturated heterocycles. The van der Waals surface area contributed by atoms with Crippen LogP contribution in [0.3, 0.4) is 0 Å². The summed E-state index contributed by atoms with van der Waals surface area (Å²) in [6.45, 7) is 6.99. The van der Waals surface area contributed by atoms with E-state index in [0.29, 0.717) is 25.6 Å². The molecule has 4 rings (SSSR count). The van der Waals surface area contributed by atoms with Gasteiger partial charge in [-0.1, -0.05) is 36.4 Å². The van der Waals surface area contributed by atoms with Crippen molar-refractivity contribution in [2.75, 3.05) is 38.2 Å². The third-order valence-electron chi connectivity index (χ3n) is 6.29. The van der Waals surface area contributed by atoms with Crippen LogP contribution in [0.4, 0.5) is 5.69 Å². The Bertz CT molecular complexity index is 966. The number of aliphatic imine (C=N–C) groups is 1. The molecule has 2 N–H and O–H groups in total. The number of carbonyl (C=O) groups excluding carboxylic acids is 1. The molecule has 2 heterocycles. The number of methoxy groups -OCH3 is 1. The number of likely N-dealkylation sites (tertiary alicyclic amines) is 1. The first-order valence-corrected chi connectivity index (χ1v) is 11.9. The third-order valence-corrected chi connectivity index (χ3v) is 6.29. The Morgan fingerprint density at radius 3 is 2.59 bits per heavy atom. The first kappa shape index (κ1) is 26.1. The van der Waals surface area contributed by atoms with Gasteiger partial charge in [0.2, 0.25) is 5.91 Å². The molecule has 184 valence electrons. The Balaban J connectivity index is 0.00000324. The van der Waals surface area contributed by atoms with Gasteiger partial charge in [0, 0.05) is 45.2 Å². The van der Waals surface area contributed by atoms with Crippen LogP contribution in [0.5, 0.6) is 5.75 Å². The fraction of sp³-hybridized carbons (Fsp3) is 0.462. The van der Waals surface area contributed by atoms with Crippen LogP contribution in [0.25, 0.3) is 0 Å². The van der Waals surface area contributed by atoms with Crippen LogP contribution in [0.15, 0.2) is 53.5 Å². The number of halogens is 1. The van der Waals surface area contributed by atoms with E-state index in [1.807, 2.05) is 17.0 Å². The zero-order valence-electron chi connectivity index (χ0n) is 20.1. The van der Waals surface area contributed by atoms with Crippen LogP contribution in [-0.2, 0) is 17.9 Å². The van der Waals surface area contributed by atoms with Crippen molar-refractivity contribution in [3.05, 3.63) is 59.7 Å². The average molecular weight is 578 g/mol. The average Bonchev–Trinajstić information content (AvgIpc) is 3.47. The first-order valence-electron chi connectivity index (χ1n) is 11.9. The second-order valence-electron chi connectivity index (χ2n) is 8.68. The Labute approximate surface area is 220 Å².